The number of para-hydroxylation sites is 2. The number of nitrogens with one attached hydrogen (secondary N) is 1. The molecule has 3 rings (SSSR count). The Hall–Kier alpha value is -2.87. The number of amides is 2. The van der Waals surface area contributed by atoms with E-state index in [4.69, 9.17) is 9.47 Å². The van der Waals surface area contributed by atoms with Gasteiger partial charge in [0.2, 0.25) is 5.91 Å². The average Bonchev–Trinajstić information content (AvgIpc) is 2.80. The van der Waals surface area contributed by atoms with Crippen molar-refractivity contribution in [1.29, 1.82) is 0 Å². The van der Waals surface area contributed by atoms with Crippen molar-refractivity contribution in [3.8, 4) is 5.75 Å². The molecule has 2 aromatic rings. The van der Waals surface area contributed by atoms with Crippen LogP contribution in [0.5, 0.6) is 5.75 Å². The summed E-state index contributed by atoms with van der Waals surface area (Å²) in [5, 5.41) is 2.79. The Bertz CT molecular complexity index is 931. The average molecular weight is 447 g/mol. The number of benzene rings is 2. The summed E-state index contributed by atoms with van der Waals surface area (Å²) in [5.41, 5.74) is 1.38. The molecule has 2 amide bonds. The van der Waals surface area contributed by atoms with E-state index in [1.54, 1.807) is 43.3 Å². The van der Waals surface area contributed by atoms with Gasteiger partial charge in [0.15, 0.2) is 6.61 Å². The Balaban J connectivity index is 1.77. The Labute approximate surface area is 170 Å². The van der Waals surface area contributed by atoms with E-state index < -0.39 is 18.5 Å². The Morgan fingerprint density at radius 3 is 2.75 bits per heavy atom. The monoisotopic (exact) mass is 446 g/mol. The number of carbonyl (C=O) groups excluding carboxylic acids is 3. The van der Waals surface area contributed by atoms with Gasteiger partial charge in [0.25, 0.3) is 5.91 Å². The number of fused-ring (bicyclic) bond motifs is 1. The van der Waals surface area contributed by atoms with Crippen molar-refractivity contribution in [2.45, 2.75) is 19.4 Å². The Kier molecular flexibility index (Phi) is 5.99. The van der Waals surface area contributed by atoms with Crippen molar-refractivity contribution in [1.82, 2.24) is 0 Å². The highest BCUT2D eigenvalue weighted by atomic mass is 79.9. The van der Waals surface area contributed by atoms with Crippen LogP contribution in [-0.4, -0.2) is 37.5 Å². The molecule has 146 valence electrons. The van der Waals surface area contributed by atoms with Crippen molar-refractivity contribution in [3.05, 3.63) is 52.5 Å². The predicted octanol–water partition coefficient (Wildman–Crippen LogP) is 3.38. The lowest BCUT2D eigenvalue weighted by Gasteiger charge is -2.27. The predicted molar refractivity (Wildman–Crippen MR) is 108 cm³/mol. The molecule has 0 radical (unpaired) electrons. The van der Waals surface area contributed by atoms with Crippen molar-refractivity contribution < 1.29 is 23.9 Å². The molecule has 0 aromatic heterocycles. The first kappa shape index (κ1) is 19.9. The molecule has 1 aliphatic rings. The largest absolute Gasteiger partial charge is 0.497 e. The third-order valence-electron chi connectivity index (χ3n) is 4.35. The molecule has 0 saturated heterocycles. The molecule has 0 bridgehead atoms. The zero-order valence-electron chi connectivity index (χ0n) is 15.4. The van der Waals surface area contributed by atoms with Crippen LogP contribution in [-0.2, 0) is 14.3 Å². The van der Waals surface area contributed by atoms with E-state index >= 15 is 0 Å². The van der Waals surface area contributed by atoms with E-state index in [9.17, 15) is 14.4 Å². The maximum Gasteiger partial charge on any atom is 0.339 e. The highest BCUT2D eigenvalue weighted by molar-refractivity contribution is 9.10. The summed E-state index contributed by atoms with van der Waals surface area (Å²) in [6.07, 6.45) is 0.149. The first-order valence-corrected chi connectivity index (χ1v) is 9.41. The van der Waals surface area contributed by atoms with Crippen LogP contribution in [0.15, 0.2) is 46.9 Å². The lowest BCUT2D eigenvalue weighted by Crippen LogP contribution is -2.41. The highest BCUT2D eigenvalue weighted by Gasteiger charge is 2.30. The number of methoxy groups -OCH3 is 1. The number of halogens is 1. The Morgan fingerprint density at radius 1 is 1.25 bits per heavy atom. The van der Waals surface area contributed by atoms with E-state index in [1.807, 2.05) is 0 Å². The molecule has 0 saturated carbocycles. The summed E-state index contributed by atoms with van der Waals surface area (Å²) >= 11 is 3.29. The molecule has 1 atom stereocenters. The second-order valence-corrected chi connectivity index (χ2v) is 7.16. The quantitative estimate of drug-likeness (QED) is 0.727. The van der Waals surface area contributed by atoms with Gasteiger partial charge in [0, 0.05) is 16.9 Å². The first-order chi connectivity index (χ1) is 13.4. The van der Waals surface area contributed by atoms with Gasteiger partial charge >= 0.3 is 5.97 Å². The van der Waals surface area contributed by atoms with Gasteiger partial charge in [0.05, 0.1) is 24.0 Å². The number of hydrogen-bond donors (Lipinski definition) is 1. The summed E-state index contributed by atoms with van der Waals surface area (Å²) < 4.78 is 10.9. The van der Waals surface area contributed by atoms with Crippen LogP contribution in [0.1, 0.15) is 23.7 Å². The van der Waals surface area contributed by atoms with Gasteiger partial charge < -0.3 is 19.7 Å². The molecule has 1 aliphatic heterocycles. The lowest BCUT2D eigenvalue weighted by atomic mass is 10.1. The van der Waals surface area contributed by atoms with Crippen LogP contribution in [0.3, 0.4) is 0 Å². The van der Waals surface area contributed by atoms with Gasteiger partial charge in [-0.15, -0.1) is 0 Å². The fraction of sp³-hybridized carbons (Fsp3) is 0.250. The number of anilines is 2. The number of nitrogens with zero attached hydrogens (tertiary/aromatic N) is 1. The second kappa shape index (κ2) is 8.43. The van der Waals surface area contributed by atoms with E-state index in [1.165, 1.54) is 18.1 Å². The number of esters is 1. The van der Waals surface area contributed by atoms with Gasteiger partial charge in [-0.1, -0.05) is 12.1 Å². The van der Waals surface area contributed by atoms with Gasteiger partial charge in [-0.2, -0.15) is 0 Å². The minimum atomic E-state index is -0.649. The summed E-state index contributed by atoms with van der Waals surface area (Å²) in [4.78, 5) is 38.8. The van der Waals surface area contributed by atoms with E-state index in [2.05, 4.69) is 21.2 Å². The Morgan fingerprint density at radius 2 is 2.00 bits per heavy atom. The van der Waals surface area contributed by atoms with Crippen LogP contribution in [0, 0.1) is 0 Å². The molecular weight excluding hydrogens is 428 g/mol. The van der Waals surface area contributed by atoms with Crippen molar-refractivity contribution in [2.24, 2.45) is 0 Å². The van der Waals surface area contributed by atoms with Crippen LogP contribution in [0.25, 0.3) is 0 Å². The molecule has 7 nitrogen and oxygen atoms in total. The van der Waals surface area contributed by atoms with Crippen LogP contribution in [0.2, 0.25) is 0 Å². The van der Waals surface area contributed by atoms with Crippen LogP contribution < -0.4 is 15.0 Å². The van der Waals surface area contributed by atoms with Crippen LogP contribution in [0.4, 0.5) is 11.4 Å². The first-order valence-electron chi connectivity index (χ1n) is 8.62. The molecule has 1 N–H and O–H groups in total. The number of rotatable bonds is 4. The summed E-state index contributed by atoms with van der Waals surface area (Å²) in [6, 6.07) is 11.6. The fourth-order valence-corrected chi connectivity index (χ4v) is 3.44. The number of carbonyl (C=O) groups is 3. The molecule has 8 heteroatoms. The summed E-state index contributed by atoms with van der Waals surface area (Å²) in [6.45, 7) is 1.33. The van der Waals surface area contributed by atoms with Gasteiger partial charge in [-0.25, -0.2) is 4.79 Å². The smallest absolute Gasteiger partial charge is 0.339 e. The van der Waals surface area contributed by atoms with Gasteiger partial charge in [-0.3, -0.25) is 9.59 Å². The van der Waals surface area contributed by atoms with E-state index in [-0.39, 0.29) is 23.9 Å². The molecule has 2 aromatic carbocycles. The zero-order valence-corrected chi connectivity index (χ0v) is 17.0. The zero-order chi connectivity index (χ0) is 20.3. The normalized spacial score (nSPS) is 15.9. The molecule has 1 unspecified atom stereocenters. The summed E-state index contributed by atoms with van der Waals surface area (Å²) in [5.74, 6) is -0.735. The minimum absolute atomic E-state index is 0.149. The number of hydrogen-bond acceptors (Lipinski definition) is 5. The van der Waals surface area contributed by atoms with Crippen molar-refractivity contribution >= 4 is 45.1 Å². The van der Waals surface area contributed by atoms with Gasteiger partial charge in [-0.05, 0) is 53.2 Å². The topological polar surface area (TPSA) is 84.9 Å². The maximum atomic E-state index is 12.8. The molecule has 0 spiro atoms. The maximum absolute atomic E-state index is 12.8. The third kappa shape index (κ3) is 4.17. The van der Waals surface area contributed by atoms with Crippen molar-refractivity contribution in [3.63, 3.8) is 0 Å². The standard InChI is InChI=1S/C20H19BrN2O5/c1-12-9-18(24)22-16-5-3-4-6-17(16)23(12)19(25)11-28-20(26)14-10-13(27-2)7-8-15(14)21/h3-8,10,12H,9,11H2,1-2H3,(H,22,24). The van der Waals surface area contributed by atoms with Crippen LogP contribution >= 0.6 is 15.9 Å². The molecule has 0 aliphatic carbocycles. The highest BCUT2D eigenvalue weighted by Crippen LogP contribution is 2.31. The molecular formula is C20H19BrN2O5. The third-order valence-corrected chi connectivity index (χ3v) is 5.04. The molecule has 28 heavy (non-hydrogen) atoms. The SMILES string of the molecule is COc1ccc(Br)c(C(=O)OCC(=O)N2c3ccccc3NC(=O)CC2C)c1. The second-order valence-electron chi connectivity index (χ2n) is 6.30. The van der Waals surface area contributed by atoms with Gasteiger partial charge in [0.1, 0.15) is 5.75 Å². The number of ether oxygens (including phenoxy) is 2. The van der Waals surface area contributed by atoms with E-state index in [0.717, 1.165) is 0 Å². The minimum Gasteiger partial charge on any atom is -0.497 e. The van der Waals surface area contributed by atoms with E-state index in [0.29, 0.717) is 21.6 Å². The lowest BCUT2D eigenvalue weighted by molar-refractivity contribution is -0.122. The summed E-state index contributed by atoms with van der Waals surface area (Å²) in [7, 11) is 1.50. The molecule has 1 heterocycles. The fourth-order valence-electron chi connectivity index (χ4n) is 3.03. The molecule has 0 fully saturated rings. The van der Waals surface area contributed by atoms with Crippen molar-refractivity contribution in [2.75, 3.05) is 23.9 Å².